The number of carbonyl (C=O) groups excluding carboxylic acids is 2. The Bertz CT molecular complexity index is 1170. The Morgan fingerprint density at radius 1 is 1.09 bits per heavy atom. The summed E-state index contributed by atoms with van der Waals surface area (Å²) in [4.78, 5) is 31.7. The highest BCUT2D eigenvalue weighted by Crippen LogP contribution is 2.43. The van der Waals surface area contributed by atoms with Crippen LogP contribution in [0.15, 0.2) is 65.7 Å². The highest BCUT2D eigenvalue weighted by atomic mass is 32.1. The third-order valence-corrected chi connectivity index (χ3v) is 5.85. The molecule has 1 aromatic heterocycles. The second-order valence-electron chi connectivity index (χ2n) is 7.68. The Morgan fingerprint density at radius 2 is 1.76 bits per heavy atom. The number of benzene rings is 2. The Morgan fingerprint density at radius 3 is 2.33 bits per heavy atom. The normalized spacial score (nSPS) is 17.6. The van der Waals surface area contributed by atoms with Gasteiger partial charge in [-0.3, -0.25) is 14.5 Å². The molecular weight excluding hydrogens is 440 g/mol. The van der Waals surface area contributed by atoms with Crippen molar-refractivity contribution in [2.24, 2.45) is 0 Å². The molecule has 1 fully saturated rings. The fraction of sp³-hybridized carbons (Fsp3) is 0.240. The molecule has 1 atom stereocenters. The van der Waals surface area contributed by atoms with Crippen molar-refractivity contribution in [1.29, 1.82) is 0 Å². The number of ether oxygens (including phenoxy) is 2. The second kappa shape index (κ2) is 9.46. The van der Waals surface area contributed by atoms with Gasteiger partial charge in [-0.25, -0.2) is 4.98 Å². The average Bonchev–Trinajstić information content (AvgIpc) is 3.41. The van der Waals surface area contributed by atoms with Gasteiger partial charge < -0.3 is 14.6 Å². The molecule has 8 heteroatoms. The number of rotatable bonds is 7. The molecule has 2 aromatic carbocycles. The van der Waals surface area contributed by atoms with Crippen LogP contribution < -0.4 is 14.4 Å². The largest absolute Gasteiger partial charge is 0.507 e. The molecule has 1 saturated heterocycles. The summed E-state index contributed by atoms with van der Waals surface area (Å²) in [6.45, 7) is 6.26. The van der Waals surface area contributed by atoms with Crippen molar-refractivity contribution in [3.05, 3.63) is 76.8 Å². The van der Waals surface area contributed by atoms with Crippen molar-refractivity contribution in [3.8, 4) is 11.5 Å². The fourth-order valence-electron chi connectivity index (χ4n) is 3.71. The number of ketones is 1. The summed E-state index contributed by atoms with van der Waals surface area (Å²) >= 11 is 1.25. The summed E-state index contributed by atoms with van der Waals surface area (Å²) in [5, 5.41) is 13.3. The van der Waals surface area contributed by atoms with Crippen LogP contribution in [0.4, 0.5) is 5.13 Å². The first-order chi connectivity index (χ1) is 15.9. The zero-order valence-electron chi connectivity index (χ0n) is 18.5. The molecule has 2 heterocycles. The number of aliphatic hydroxyl groups is 1. The number of hydrogen-bond donors (Lipinski definition) is 1. The molecule has 1 amide bonds. The van der Waals surface area contributed by atoms with E-state index in [-0.39, 0.29) is 17.4 Å². The van der Waals surface area contributed by atoms with Gasteiger partial charge in [0.25, 0.3) is 5.78 Å². The Labute approximate surface area is 195 Å². The quantitative estimate of drug-likeness (QED) is 0.302. The van der Waals surface area contributed by atoms with Crippen LogP contribution in [-0.4, -0.2) is 34.5 Å². The lowest BCUT2D eigenvalue weighted by molar-refractivity contribution is -0.132. The van der Waals surface area contributed by atoms with Gasteiger partial charge >= 0.3 is 5.91 Å². The molecule has 0 unspecified atom stereocenters. The second-order valence-corrected chi connectivity index (χ2v) is 8.55. The average molecular weight is 465 g/mol. The lowest BCUT2D eigenvalue weighted by Crippen LogP contribution is -2.29. The van der Waals surface area contributed by atoms with Gasteiger partial charge in [-0.1, -0.05) is 12.1 Å². The Hall–Kier alpha value is -3.65. The molecule has 3 aromatic rings. The van der Waals surface area contributed by atoms with Crippen LogP contribution in [0.2, 0.25) is 0 Å². The van der Waals surface area contributed by atoms with Crippen LogP contribution >= 0.6 is 11.3 Å². The lowest BCUT2D eigenvalue weighted by Gasteiger charge is -2.23. The molecule has 0 radical (unpaired) electrons. The number of nitrogens with zero attached hydrogens (tertiary/aromatic N) is 2. The summed E-state index contributed by atoms with van der Waals surface area (Å²) in [7, 11) is 0. The van der Waals surface area contributed by atoms with E-state index in [2.05, 4.69) is 4.98 Å². The van der Waals surface area contributed by atoms with Gasteiger partial charge in [-0.05, 0) is 62.7 Å². The van der Waals surface area contributed by atoms with Gasteiger partial charge in [0.1, 0.15) is 17.3 Å². The molecule has 0 spiro atoms. The number of amides is 1. The molecule has 0 saturated carbocycles. The molecule has 0 aliphatic carbocycles. The van der Waals surface area contributed by atoms with Gasteiger partial charge in [0.05, 0.1) is 24.3 Å². The first-order valence-electron chi connectivity index (χ1n) is 10.6. The molecule has 4 rings (SSSR count). The molecule has 7 nitrogen and oxygen atoms in total. The van der Waals surface area contributed by atoms with E-state index in [0.717, 1.165) is 0 Å². The Balaban J connectivity index is 1.81. The van der Waals surface area contributed by atoms with Gasteiger partial charge in [0, 0.05) is 17.1 Å². The van der Waals surface area contributed by atoms with E-state index in [1.54, 1.807) is 60.1 Å². The number of anilines is 1. The van der Waals surface area contributed by atoms with E-state index in [1.807, 2.05) is 20.8 Å². The van der Waals surface area contributed by atoms with Crippen molar-refractivity contribution in [3.63, 3.8) is 0 Å². The van der Waals surface area contributed by atoms with Crippen LogP contribution in [-0.2, 0) is 9.59 Å². The van der Waals surface area contributed by atoms with Crippen molar-refractivity contribution in [1.82, 2.24) is 4.98 Å². The third-order valence-electron chi connectivity index (χ3n) is 5.08. The molecule has 33 heavy (non-hydrogen) atoms. The standard InChI is InChI=1S/C25H24N2O5S/c1-4-31-18-9-5-16(6-10-18)21-20(23(29)24(30)27(21)25-26-13-14-33-25)22(28)17-7-11-19(12-8-17)32-15(2)3/h5-15,21,28H,4H2,1-3H3/b22-20+/t21-/m1/s1. The van der Waals surface area contributed by atoms with Gasteiger partial charge in [0.2, 0.25) is 0 Å². The highest BCUT2D eigenvalue weighted by molar-refractivity contribution is 7.14. The predicted molar refractivity (Wildman–Crippen MR) is 127 cm³/mol. The van der Waals surface area contributed by atoms with Crippen LogP contribution in [0.5, 0.6) is 11.5 Å². The molecule has 1 aliphatic heterocycles. The number of aromatic nitrogens is 1. The zero-order valence-corrected chi connectivity index (χ0v) is 19.3. The maximum absolute atomic E-state index is 13.1. The van der Waals surface area contributed by atoms with Gasteiger partial charge in [-0.15, -0.1) is 11.3 Å². The van der Waals surface area contributed by atoms with E-state index >= 15 is 0 Å². The SMILES string of the molecule is CCOc1ccc([C@@H]2/C(=C(\O)c3ccc(OC(C)C)cc3)C(=O)C(=O)N2c2nccs2)cc1. The van der Waals surface area contributed by atoms with Gasteiger partial charge in [0.15, 0.2) is 5.13 Å². The number of thiazole rings is 1. The lowest BCUT2D eigenvalue weighted by atomic mass is 9.95. The summed E-state index contributed by atoms with van der Waals surface area (Å²) in [6, 6.07) is 13.1. The van der Waals surface area contributed by atoms with Crippen molar-refractivity contribution >= 4 is 33.9 Å². The minimum atomic E-state index is -0.821. The van der Waals surface area contributed by atoms with E-state index in [4.69, 9.17) is 9.47 Å². The van der Waals surface area contributed by atoms with E-state index in [1.165, 1.54) is 16.2 Å². The molecular formula is C25H24N2O5S. The summed E-state index contributed by atoms with van der Waals surface area (Å²) in [5.41, 5.74) is 1.09. The van der Waals surface area contributed by atoms with Crippen molar-refractivity contribution in [2.75, 3.05) is 11.5 Å². The molecule has 170 valence electrons. The highest BCUT2D eigenvalue weighted by Gasteiger charge is 2.47. The monoisotopic (exact) mass is 464 g/mol. The van der Waals surface area contributed by atoms with Gasteiger partial charge in [-0.2, -0.15) is 0 Å². The number of Topliss-reactive ketones (excluding diaryl/α,β-unsaturated/α-hetero) is 1. The third kappa shape index (κ3) is 4.47. The number of carbonyl (C=O) groups is 2. The maximum atomic E-state index is 13.1. The van der Waals surface area contributed by atoms with Crippen LogP contribution in [0.3, 0.4) is 0 Å². The smallest absolute Gasteiger partial charge is 0.301 e. The van der Waals surface area contributed by atoms with E-state index < -0.39 is 17.7 Å². The molecule has 1 aliphatic rings. The first-order valence-corrected chi connectivity index (χ1v) is 11.5. The zero-order chi connectivity index (χ0) is 23.5. The number of aliphatic hydroxyl groups excluding tert-OH is 1. The van der Waals surface area contributed by atoms with E-state index in [0.29, 0.717) is 34.4 Å². The molecule has 0 bridgehead atoms. The van der Waals surface area contributed by atoms with Crippen molar-refractivity contribution in [2.45, 2.75) is 32.9 Å². The summed E-state index contributed by atoms with van der Waals surface area (Å²) < 4.78 is 11.2. The van der Waals surface area contributed by atoms with Crippen molar-refractivity contribution < 1.29 is 24.2 Å². The summed E-state index contributed by atoms with van der Waals surface area (Å²) in [6.07, 6.45) is 1.58. The summed E-state index contributed by atoms with van der Waals surface area (Å²) in [5.74, 6) is -0.419. The van der Waals surface area contributed by atoms with E-state index in [9.17, 15) is 14.7 Å². The van der Waals surface area contributed by atoms with Crippen LogP contribution in [0, 0.1) is 0 Å². The minimum absolute atomic E-state index is 0.00715. The van der Waals surface area contributed by atoms with Crippen LogP contribution in [0.25, 0.3) is 5.76 Å². The molecule has 1 N–H and O–H groups in total. The topological polar surface area (TPSA) is 89.0 Å². The minimum Gasteiger partial charge on any atom is -0.507 e. The number of hydrogen-bond acceptors (Lipinski definition) is 7. The predicted octanol–water partition coefficient (Wildman–Crippen LogP) is 4.96. The Kier molecular flexibility index (Phi) is 6.46. The fourth-order valence-corrected chi connectivity index (χ4v) is 4.38. The van der Waals surface area contributed by atoms with Crippen LogP contribution in [0.1, 0.15) is 37.9 Å². The first kappa shape index (κ1) is 22.5. The maximum Gasteiger partial charge on any atom is 0.301 e.